The Morgan fingerprint density at radius 2 is 2.30 bits per heavy atom. The van der Waals surface area contributed by atoms with E-state index in [1.54, 1.807) is 4.68 Å². The summed E-state index contributed by atoms with van der Waals surface area (Å²) >= 11 is 0. The predicted octanol–water partition coefficient (Wildman–Crippen LogP) is 1.75. The number of rotatable bonds is 5. The molecule has 1 atom stereocenters. The number of aromatic nitrogens is 2. The minimum atomic E-state index is 0. The van der Waals surface area contributed by atoms with Gasteiger partial charge < -0.3 is 10.2 Å². The number of carbonyl (C=O) groups excluding carboxylic acids is 1. The summed E-state index contributed by atoms with van der Waals surface area (Å²) < 4.78 is 1.77. The van der Waals surface area contributed by atoms with E-state index in [9.17, 15) is 4.79 Å². The molecule has 1 aromatic heterocycles. The van der Waals surface area contributed by atoms with Crippen LogP contribution in [-0.4, -0.2) is 39.7 Å². The summed E-state index contributed by atoms with van der Waals surface area (Å²) in [6, 6.07) is 0.375. The molecule has 1 fully saturated rings. The fourth-order valence-corrected chi connectivity index (χ4v) is 2.42. The highest BCUT2D eigenvalue weighted by Crippen LogP contribution is 2.12. The van der Waals surface area contributed by atoms with Crippen LogP contribution >= 0.6 is 24.8 Å². The van der Waals surface area contributed by atoms with E-state index >= 15 is 0 Å². The molecule has 1 aromatic rings. The predicted molar refractivity (Wildman–Crippen MR) is 84.4 cm³/mol. The van der Waals surface area contributed by atoms with Gasteiger partial charge in [0.15, 0.2) is 0 Å². The fourth-order valence-electron chi connectivity index (χ4n) is 2.42. The van der Waals surface area contributed by atoms with Crippen molar-refractivity contribution in [3.05, 3.63) is 18.0 Å². The maximum Gasteiger partial charge on any atom is 0.224 e. The Labute approximate surface area is 132 Å². The highest BCUT2D eigenvalue weighted by atomic mass is 35.5. The van der Waals surface area contributed by atoms with Crippen molar-refractivity contribution < 1.29 is 4.79 Å². The summed E-state index contributed by atoms with van der Waals surface area (Å²) in [4.78, 5) is 14.1. The lowest BCUT2D eigenvalue weighted by Gasteiger charge is -2.22. The Kier molecular flexibility index (Phi) is 8.85. The molecule has 1 saturated heterocycles. The molecular weight excluding hydrogens is 299 g/mol. The molecule has 1 amide bonds. The monoisotopic (exact) mass is 322 g/mol. The molecule has 0 saturated carbocycles. The normalized spacial score (nSPS) is 17.2. The second-order valence-corrected chi connectivity index (χ2v) is 4.93. The third-order valence-electron chi connectivity index (χ3n) is 3.45. The number of hydrogen-bond donors (Lipinski definition) is 1. The van der Waals surface area contributed by atoms with Gasteiger partial charge in [-0.3, -0.25) is 9.48 Å². The highest BCUT2D eigenvalue weighted by molar-refractivity contribution is 5.85. The molecule has 5 nitrogen and oxygen atoms in total. The number of hydrogen-bond acceptors (Lipinski definition) is 3. The molecule has 1 aliphatic heterocycles. The Morgan fingerprint density at radius 1 is 1.55 bits per heavy atom. The molecule has 1 unspecified atom stereocenters. The van der Waals surface area contributed by atoms with E-state index in [2.05, 4.69) is 10.4 Å². The molecule has 0 radical (unpaired) electrons. The number of carbonyl (C=O) groups is 1. The van der Waals surface area contributed by atoms with E-state index in [0.29, 0.717) is 19.0 Å². The topological polar surface area (TPSA) is 50.2 Å². The van der Waals surface area contributed by atoms with Crippen LogP contribution in [0.25, 0.3) is 0 Å². The van der Waals surface area contributed by atoms with E-state index in [0.717, 1.165) is 25.1 Å². The van der Waals surface area contributed by atoms with Crippen LogP contribution in [0.4, 0.5) is 0 Å². The van der Waals surface area contributed by atoms with Gasteiger partial charge in [0.25, 0.3) is 0 Å². The van der Waals surface area contributed by atoms with Crippen LogP contribution in [0.3, 0.4) is 0 Å². The molecule has 2 rings (SSSR count). The quantitative estimate of drug-likeness (QED) is 0.898. The molecule has 0 spiro atoms. The summed E-state index contributed by atoms with van der Waals surface area (Å²) in [6.45, 7) is 4.49. The van der Waals surface area contributed by atoms with Gasteiger partial charge in [-0.25, -0.2) is 0 Å². The average Bonchev–Trinajstić information content (AvgIpc) is 2.97. The SMILES string of the molecule is CCN(Cc1cnn(C)c1)C(=O)CC1CCCN1.Cl.Cl. The summed E-state index contributed by atoms with van der Waals surface area (Å²) in [7, 11) is 1.89. The van der Waals surface area contributed by atoms with Crippen LogP contribution in [0.2, 0.25) is 0 Å². The highest BCUT2D eigenvalue weighted by Gasteiger charge is 2.21. The van der Waals surface area contributed by atoms with Crippen molar-refractivity contribution in [1.82, 2.24) is 20.0 Å². The zero-order chi connectivity index (χ0) is 13.0. The van der Waals surface area contributed by atoms with E-state index in [1.807, 2.05) is 31.3 Å². The molecule has 2 heterocycles. The maximum atomic E-state index is 12.2. The minimum Gasteiger partial charge on any atom is -0.338 e. The van der Waals surface area contributed by atoms with Crippen molar-refractivity contribution in [3.63, 3.8) is 0 Å². The molecule has 20 heavy (non-hydrogen) atoms. The lowest BCUT2D eigenvalue weighted by molar-refractivity contribution is -0.132. The minimum absolute atomic E-state index is 0. The standard InChI is InChI=1S/C13H22N4O.2ClH/c1-3-17(10-11-8-15-16(2)9-11)13(18)7-12-5-4-6-14-12;;/h8-9,12,14H,3-7,10H2,1-2H3;2*1H. The molecule has 1 aliphatic rings. The molecule has 0 bridgehead atoms. The molecular formula is C13H24Cl2N4O. The third-order valence-corrected chi connectivity index (χ3v) is 3.45. The second kappa shape index (κ2) is 9.21. The number of nitrogens with zero attached hydrogens (tertiary/aromatic N) is 3. The Morgan fingerprint density at radius 3 is 2.80 bits per heavy atom. The van der Waals surface area contributed by atoms with E-state index in [1.165, 1.54) is 6.42 Å². The lowest BCUT2D eigenvalue weighted by Crippen LogP contribution is -2.35. The van der Waals surface area contributed by atoms with E-state index in [4.69, 9.17) is 0 Å². The van der Waals surface area contributed by atoms with Crippen LogP contribution in [0, 0.1) is 0 Å². The van der Waals surface area contributed by atoms with Crippen LogP contribution in [0.5, 0.6) is 0 Å². The lowest BCUT2D eigenvalue weighted by atomic mass is 10.1. The van der Waals surface area contributed by atoms with Gasteiger partial charge >= 0.3 is 0 Å². The second-order valence-electron chi connectivity index (χ2n) is 4.93. The smallest absolute Gasteiger partial charge is 0.224 e. The van der Waals surface area contributed by atoms with Crippen molar-refractivity contribution in [2.45, 2.75) is 38.8 Å². The van der Waals surface area contributed by atoms with Gasteiger partial charge in [-0.05, 0) is 26.3 Å². The van der Waals surface area contributed by atoms with Crippen molar-refractivity contribution in [3.8, 4) is 0 Å². The van der Waals surface area contributed by atoms with Crippen molar-refractivity contribution >= 4 is 30.7 Å². The van der Waals surface area contributed by atoms with E-state index < -0.39 is 0 Å². The van der Waals surface area contributed by atoms with Crippen LogP contribution in [0.15, 0.2) is 12.4 Å². The summed E-state index contributed by atoms with van der Waals surface area (Å²) in [5.41, 5.74) is 1.09. The van der Waals surface area contributed by atoms with Crippen LogP contribution in [-0.2, 0) is 18.4 Å². The van der Waals surface area contributed by atoms with Gasteiger partial charge in [0.05, 0.1) is 6.20 Å². The Hall–Kier alpha value is -0.780. The summed E-state index contributed by atoms with van der Waals surface area (Å²) in [6.07, 6.45) is 6.71. The zero-order valence-electron chi connectivity index (χ0n) is 12.0. The average molecular weight is 323 g/mol. The van der Waals surface area contributed by atoms with Gasteiger partial charge in [0.2, 0.25) is 5.91 Å². The first kappa shape index (κ1) is 19.2. The molecule has 0 aromatic carbocycles. The first-order chi connectivity index (χ1) is 8.69. The van der Waals surface area contributed by atoms with Crippen molar-refractivity contribution in [1.29, 1.82) is 0 Å². The summed E-state index contributed by atoms with van der Waals surface area (Å²) in [5, 5.41) is 7.50. The van der Waals surface area contributed by atoms with Crippen molar-refractivity contribution in [2.75, 3.05) is 13.1 Å². The van der Waals surface area contributed by atoms with Gasteiger partial charge in [-0.15, -0.1) is 24.8 Å². The van der Waals surface area contributed by atoms with Gasteiger partial charge in [0, 0.05) is 44.4 Å². The maximum absolute atomic E-state index is 12.2. The van der Waals surface area contributed by atoms with Crippen LogP contribution < -0.4 is 5.32 Å². The number of halogens is 2. The van der Waals surface area contributed by atoms with Crippen LogP contribution in [0.1, 0.15) is 31.7 Å². The Balaban J connectivity index is 0.00000180. The number of nitrogens with one attached hydrogen (secondary N) is 1. The van der Waals surface area contributed by atoms with Gasteiger partial charge in [-0.1, -0.05) is 0 Å². The largest absolute Gasteiger partial charge is 0.338 e. The first-order valence-electron chi connectivity index (χ1n) is 6.67. The Bertz CT molecular complexity index is 405. The molecule has 7 heteroatoms. The molecule has 116 valence electrons. The molecule has 0 aliphatic carbocycles. The van der Waals surface area contributed by atoms with Gasteiger partial charge in [0.1, 0.15) is 0 Å². The number of amides is 1. The van der Waals surface area contributed by atoms with Gasteiger partial charge in [-0.2, -0.15) is 5.10 Å². The van der Waals surface area contributed by atoms with Crippen molar-refractivity contribution in [2.24, 2.45) is 7.05 Å². The fraction of sp³-hybridized carbons (Fsp3) is 0.692. The number of aryl methyl sites for hydroxylation is 1. The zero-order valence-corrected chi connectivity index (χ0v) is 13.7. The van der Waals surface area contributed by atoms with E-state index in [-0.39, 0.29) is 30.7 Å². The first-order valence-corrected chi connectivity index (χ1v) is 6.67. The third kappa shape index (κ3) is 5.31. The summed E-state index contributed by atoms with van der Waals surface area (Å²) in [5.74, 6) is 0.237. The molecule has 1 N–H and O–H groups in total.